The van der Waals surface area contributed by atoms with Crippen molar-refractivity contribution >= 4 is 5.91 Å². The smallest absolute Gasteiger partial charge is 0.251 e. The Kier molecular flexibility index (Phi) is 7.56. The number of aromatic nitrogens is 3. The summed E-state index contributed by atoms with van der Waals surface area (Å²) >= 11 is 0. The van der Waals surface area contributed by atoms with Gasteiger partial charge in [-0.1, -0.05) is 66.7 Å². The first kappa shape index (κ1) is 26.2. The van der Waals surface area contributed by atoms with Crippen LogP contribution in [0.1, 0.15) is 39.5 Å². The van der Waals surface area contributed by atoms with Crippen molar-refractivity contribution in [3.8, 4) is 40.1 Å². The summed E-state index contributed by atoms with van der Waals surface area (Å²) in [4.78, 5) is 12.8. The molecule has 0 spiro atoms. The quantitative estimate of drug-likeness (QED) is 0.246. The van der Waals surface area contributed by atoms with E-state index in [4.69, 9.17) is 5.26 Å². The minimum absolute atomic E-state index is 0.0149. The highest BCUT2D eigenvalue weighted by Gasteiger charge is 2.21. The second-order valence-corrected chi connectivity index (χ2v) is 9.35. The summed E-state index contributed by atoms with van der Waals surface area (Å²) in [6.07, 6.45) is 0.570. The number of carbonyl (C=O) groups is 1. The molecule has 0 fully saturated rings. The third kappa shape index (κ3) is 5.54. The van der Waals surface area contributed by atoms with E-state index in [1.54, 1.807) is 35.0 Å². The van der Waals surface area contributed by atoms with Gasteiger partial charge in [0.1, 0.15) is 17.2 Å². The number of rotatable bonds is 8. The SMILES string of the molecule is CCc1cc(-c2nnn(Cc3ccc(C#N)cc3)c2-c2ccc(C(=O)NCc3ccccc3)cc2)c(O)cc1O. The van der Waals surface area contributed by atoms with Gasteiger partial charge in [0.25, 0.3) is 5.91 Å². The van der Waals surface area contributed by atoms with Crippen LogP contribution in [0.4, 0.5) is 0 Å². The van der Waals surface area contributed by atoms with Crippen LogP contribution in [0.3, 0.4) is 0 Å². The number of amides is 1. The molecular weight excluding hydrogens is 502 g/mol. The Balaban J connectivity index is 1.51. The Labute approximate surface area is 231 Å². The molecule has 4 aromatic carbocycles. The van der Waals surface area contributed by atoms with Gasteiger partial charge in [-0.25, -0.2) is 4.68 Å². The molecule has 0 saturated heterocycles. The van der Waals surface area contributed by atoms with Crippen molar-refractivity contribution in [1.29, 1.82) is 5.26 Å². The summed E-state index contributed by atoms with van der Waals surface area (Å²) in [5, 5.41) is 41.9. The van der Waals surface area contributed by atoms with Gasteiger partial charge in [-0.15, -0.1) is 5.10 Å². The van der Waals surface area contributed by atoms with Crippen molar-refractivity contribution in [3.05, 3.63) is 119 Å². The first-order valence-corrected chi connectivity index (χ1v) is 12.9. The van der Waals surface area contributed by atoms with Gasteiger partial charge in [-0.2, -0.15) is 5.26 Å². The zero-order chi connectivity index (χ0) is 28.1. The van der Waals surface area contributed by atoms with Crippen molar-refractivity contribution in [2.75, 3.05) is 0 Å². The number of aromatic hydroxyl groups is 2. The Morgan fingerprint density at radius 2 is 1.65 bits per heavy atom. The van der Waals surface area contributed by atoms with Crippen molar-refractivity contribution in [1.82, 2.24) is 20.3 Å². The number of phenolic OH excluding ortho intramolecular Hbond substituents is 2. The van der Waals surface area contributed by atoms with Crippen molar-refractivity contribution in [3.63, 3.8) is 0 Å². The predicted molar refractivity (Wildman–Crippen MR) is 151 cm³/mol. The maximum Gasteiger partial charge on any atom is 0.251 e. The highest BCUT2D eigenvalue weighted by molar-refractivity contribution is 5.95. The van der Waals surface area contributed by atoms with E-state index in [0.29, 0.717) is 53.2 Å². The lowest BCUT2D eigenvalue weighted by atomic mass is 9.99. The summed E-state index contributed by atoms with van der Waals surface area (Å²) in [6.45, 7) is 2.71. The van der Waals surface area contributed by atoms with Crippen LogP contribution >= 0.6 is 0 Å². The number of nitrogens with zero attached hydrogens (tertiary/aromatic N) is 4. The standard InChI is InChI=1S/C32H27N5O3/c1-2-24-16-27(29(39)17-28(24)38)30-31(37(36-35-30)20-23-10-8-21(18-33)9-11-23)25-12-14-26(15-13-25)32(40)34-19-22-6-4-3-5-7-22/h3-17,38-39H,2,19-20H2,1H3,(H,34,40). The fourth-order valence-corrected chi connectivity index (χ4v) is 4.50. The first-order valence-electron chi connectivity index (χ1n) is 12.9. The molecule has 8 nitrogen and oxygen atoms in total. The molecule has 0 atom stereocenters. The predicted octanol–water partition coefficient (Wildman–Crippen LogP) is 5.44. The van der Waals surface area contributed by atoms with Crippen LogP contribution in [0.25, 0.3) is 22.5 Å². The van der Waals surface area contributed by atoms with Crippen LogP contribution in [0.2, 0.25) is 0 Å². The lowest BCUT2D eigenvalue weighted by Gasteiger charge is -2.12. The molecule has 0 bridgehead atoms. The minimum Gasteiger partial charge on any atom is -0.508 e. The monoisotopic (exact) mass is 529 g/mol. The number of hydrogen-bond acceptors (Lipinski definition) is 6. The number of carbonyl (C=O) groups excluding carboxylic acids is 1. The van der Waals surface area contributed by atoms with Gasteiger partial charge in [-0.05, 0) is 53.4 Å². The molecule has 0 aliphatic heterocycles. The number of nitrogens with one attached hydrogen (secondary N) is 1. The van der Waals surface area contributed by atoms with Crippen LogP contribution in [0.15, 0.2) is 91.0 Å². The molecule has 3 N–H and O–H groups in total. The van der Waals surface area contributed by atoms with Crippen LogP contribution in [-0.4, -0.2) is 31.1 Å². The van der Waals surface area contributed by atoms with Gasteiger partial charge in [-0.3, -0.25) is 4.79 Å². The van der Waals surface area contributed by atoms with Gasteiger partial charge in [0.2, 0.25) is 0 Å². The number of hydrogen-bond donors (Lipinski definition) is 3. The molecule has 8 heteroatoms. The number of nitriles is 1. The number of aryl methyl sites for hydroxylation is 1. The number of benzene rings is 4. The summed E-state index contributed by atoms with van der Waals surface area (Å²) < 4.78 is 1.72. The van der Waals surface area contributed by atoms with Gasteiger partial charge < -0.3 is 15.5 Å². The van der Waals surface area contributed by atoms with Crippen molar-refractivity contribution in [2.24, 2.45) is 0 Å². The molecule has 1 aromatic heterocycles. The molecule has 0 saturated carbocycles. The Morgan fingerprint density at radius 1 is 0.925 bits per heavy atom. The fourth-order valence-electron chi connectivity index (χ4n) is 4.50. The topological polar surface area (TPSA) is 124 Å². The highest BCUT2D eigenvalue weighted by Crippen LogP contribution is 2.39. The van der Waals surface area contributed by atoms with Crippen LogP contribution < -0.4 is 5.32 Å². The van der Waals surface area contributed by atoms with Crippen LogP contribution in [0, 0.1) is 11.3 Å². The lowest BCUT2D eigenvalue weighted by molar-refractivity contribution is 0.0951. The van der Waals surface area contributed by atoms with Gasteiger partial charge >= 0.3 is 0 Å². The van der Waals surface area contributed by atoms with Crippen molar-refractivity contribution < 1.29 is 15.0 Å². The molecular formula is C32H27N5O3. The molecule has 198 valence electrons. The van der Waals surface area contributed by atoms with E-state index in [9.17, 15) is 15.0 Å². The van der Waals surface area contributed by atoms with E-state index >= 15 is 0 Å². The van der Waals surface area contributed by atoms with E-state index in [1.165, 1.54) is 6.07 Å². The van der Waals surface area contributed by atoms with Crippen LogP contribution in [-0.2, 0) is 19.5 Å². The maximum absolute atomic E-state index is 12.8. The zero-order valence-corrected chi connectivity index (χ0v) is 21.9. The lowest BCUT2D eigenvalue weighted by Crippen LogP contribution is -2.22. The van der Waals surface area contributed by atoms with Gasteiger partial charge in [0.15, 0.2) is 0 Å². The van der Waals surface area contributed by atoms with Crippen LogP contribution in [0.5, 0.6) is 11.5 Å². The second kappa shape index (κ2) is 11.5. The van der Waals surface area contributed by atoms with E-state index in [0.717, 1.165) is 16.7 Å². The summed E-state index contributed by atoms with van der Waals surface area (Å²) in [5.41, 5.74) is 5.95. The Bertz CT molecular complexity index is 1690. The molecule has 0 unspecified atom stereocenters. The largest absolute Gasteiger partial charge is 0.508 e. The Morgan fingerprint density at radius 3 is 2.33 bits per heavy atom. The van der Waals surface area contributed by atoms with E-state index < -0.39 is 0 Å². The molecule has 1 heterocycles. The maximum atomic E-state index is 12.8. The third-order valence-corrected chi connectivity index (χ3v) is 6.70. The fraction of sp³-hybridized carbons (Fsp3) is 0.125. The molecule has 0 aliphatic rings. The highest BCUT2D eigenvalue weighted by atomic mass is 16.3. The van der Waals surface area contributed by atoms with E-state index in [2.05, 4.69) is 21.7 Å². The molecule has 5 aromatic rings. The molecule has 40 heavy (non-hydrogen) atoms. The van der Waals surface area contributed by atoms with Gasteiger partial charge in [0.05, 0.1) is 23.9 Å². The van der Waals surface area contributed by atoms with E-state index in [1.807, 2.05) is 61.5 Å². The summed E-state index contributed by atoms with van der Waals surface area (Å²) in [6, 6.07) is 29.2. The molecule has 0 aliphatic carbocycles. The Hall–Kier alpha value is -5.42. The average Bonchev–Trinajstić information content (AvgIpc) is 3.40. The average molecular weight is 530 g/mol. The second-order valence-electron chi connectivity index (χ2n) is 9.35. The van der Waals surface area contributed by atoms with Gasteiger partial charge in [0, 0.05) is 29.3 Å². The third-order valence-electron chi connectivity index (χ3n) is 6.70. The number of phenols is 2. The first-order chi connectivity index (χ1) is 19.5. The zero-order valence-electron chi connectivity index (χ0n) is 21.9. The summed E-state index contributed by atoms with van der Waals surface area (Å²) in [7, 11) is 0. The molecule has 1 amide bonds. The molecule has 0 radical (unpaired) electrons. The molecule has 5 rings (SSSR count). The minimum atomic E-state index is -0.191. The van der Waals surface area contributed by atoms with E-state index in [-0.39, 0.29) is 17.4 Å². The normalized spacial score (nSPS) is 10.7. The van der Waals surface area contributed by atoms with Crippen molar-refractivity contribution in [2.45, 2.75) is 26.4 Å². The summed E-state index contributed by atoms with van der Waals surface area (Å²) in [5.74, 6) is -0.289.